The first-order chi connectivity index (χ1) is 13.5. The Morgan fingerprint density at radius 1 is 1.00 bits per heavy atom. The summed E-state index contributed by atoms with van der Waals surface area (Å²) >= 11 is 0. The molecule has 0 fully saturated rings. The van der Waals surface area contributed by atoms with Crippen LogP contribution in [0, 0.1) is 0 Å². The fraction of sp³-hybridized carbons (Fsp3) is 0.318. The van der Waals surface area contributed by atoms with Crippen LogP contribution in [-0.4, -0.2) is 32.5 Å². The number of sulfonamides is 1. The molecule has 3 rings (SSSR count). The number of rotatable bonds is 9. The van der Waals surface area contributed by atoms with Crippen LogP contribution in [0.4, 0.5) is 0 Å². The molecule has 2 N–H and O–H groups in total. The third kappa shape index (κ3) is 7.22. The highest BCUT2D eigenvalue weighted by atomic mass is 35.5. The lowest BCUT2D eigenvalue weighted by molar-refractivity contribution is 0.436. The lowest BCUT2D eigenvalue weighted by atomic mass is 10.0. The number of nitrogens with zero attached hydrogens (tertiary/aromatic N) is 1. The topological polar surface area (TPSA) is 71.1 Å². The second kappa shape index (κ2) is 12.2. The predicted octanol–water partition coefficient (Wildman–Crippen LogP) is 4.36. The maximum Gasteiger partial charge on any atom is 0.240 e. The molecule has 2 aromatic carbocycles. The molecule has 0 spiro atoms. The first kappa shape index (κ1) is 26.3. The van der Waals surface area contributed by atoms with Crippen LogP contribution in [0.5, 0.6) is 0 Å². The van der Waals surface area contributed by atoms with Crippen LogP contribution in [0.15, 0.2) is 71.9 Å². The van der Waals surface area contributed by atoms with Gasteiger partial charge in [-0.3, -0.25) is 4.98 Å². The molecule has 0 bridgehead atoms. The number of nitrogens with one attached hydrogen (secondary N) is 2. The maximum absolute atomic E-state index is 12.8. The average Bonchev–Trinajstić information content (AvgIpc) is 2.71. The van der Waals surface area contributed by atoms with Crippen LogP contribution in [0.3, 0.4) is 0 Å². The molecule has 0 amide bonds. The van der Waals surface area contributed by atoms with Crippen molar-refractivity contribution in [2.75, 3.05) is 7.05 Å². The van der Waals surface area contributed by atoms with Crippen molar-refractivity contribution in [1.82, 2.24) is 15.0 Å². The van der Waals surface area contributed by atoms with Gasteiger partial charge in [-0.15, -0.1) is 24.8 Å². The largest absolute Gasteiger partial charge is 0.317 e. The van der Waals surface area contributed by atoms with E-state index in [1.54, 1.807) is 30.6 Å². The standard InChI is InChI=1S/C22H27N3O2S.2ClH/c1-17(14-21(23-2)10-8-18-6-4-3-5-7-18)25-28(26,27)22-11-9-20-16-24-13-12-19(20)15-22;;/h3-7,9,11-13,15-17,21,23,25H,8,10,14H2,1-2H3;2*1H/t17-,21?;;/m1../s1. The van der Waals surface area contributed by atoms with Crippen molar-refractivity contribution >= 4 is 45.6 Å². The Hall–Kier alpha value is -1.70. The molecule has 3 aromatic rings. The van der Waals surface area contributed by atoms with E-state index in [2.05, 4.69) is 27.2 Å². The molecular weight excluding hydrogens is 441 g/mol. The monoisotopic (exact) mass is 469 g/mol. The van der Waals surface area contributed by atoms with Gasteiger partial charge in [-0.05, 0) is 62.4 Å². The molecule has 0 aliphatic heterocycles. The highest BCUT2D eigenvalue weighted by Crippen LogP contribution is 2.19. The third-order valence-corrected chi connectivity index (χ3v) is 6.54. The molecule has 0 saturated heterocycles. The van der Waals surface area contributed by atoms with Crippen molar-refractivity contribution < 1.29 is 8.42 Å². The Morgan fingerprint density at radius 3 is 2.43 bits per heavy atom. The molecule has 0 aliphatic rings. The van der Waals surface area contributed by atoms with Gasteiger partial charge >= 0.3 is 0 Å². The minimum absolute atomic E-state index is 0. The second-order valence-corrected chi connectivity index (χ2v) is 8.87. The van der Waals surface area contributed by atoms with Gasteiger partial charge in [0, 0.05) is 29.9 Å². The molecule has 0 saturated carbocycles. The molecule has 164 valence electrons. The summed E-state index contributed by atoms with van der Waals surface area (Å²) in [5, 5.41) is 5.10. The summed E-state index contributed by atoms with van der Waals surface area (Å²) in [7, 11) is -1.65. The van der Waals surface area contributed by atoms with Crippen molar-refractivity contribution in [2.24, 2.45) is 0 Å². The lowest BCUT2D eigenvalue weighted by Gasteiger charge is -2.21. The van der Waals surface area contributed by atoms with Crippen molar-refractivity contribution in [3.05, 3.63) is 72.6 Å². The number of aromatic nitrogens is 1. The summed E-state index contributed by atoms with van der Waals surface area (Å²) in [4.78, 5) is 4.34. The molecule has 1 heterocycles. The van der Waals surface area contributed by atoms with E-state index in [4.69, 9.17) is 0 Å². The third-order valence-electron chi connectivity index (χ3n) is 4.95. The van der Waals surface area contributed by atoms with E-state index in [-0.39, 0.29) is 41.8 Å². The molecule has 0 radical (unpaired) electrons. The number of aryl methyl sites for hydroxylation is 1. The van der Waals surface area contributed by atoms with Gasteiger partial charge in [-0.2, -0.15) is 0 Å². The van der Waals surface area contributed by atoms with Gasteiger partial charge in [0.15, 0.2) is 0 Å². The zero-order chi connectivity index (χ0) is 20.0. The summed E-state index contributed by atoms with van der Waals surface area (Å²) in [6, 6.07) is 17.3. The molecule has 5 nitrogen and oxygen atoms in total. The SMILES string of the molecule is CNC(CCc1ccccc1)C[C@@H](C)NS(=O)(=O)c1ccc2cnccc2c1.Cl.Cl. The van der Waals surface area contributed by atoms with Crippen molar-refractivity contribution in [3.63, 3.8) is 0 Å². The minimum Gasteiger partial charge on any atom is -0.317 e. The van der Waals surface area contributed by atoms with Crippen LogP contribution >= 0.6 is 24.8 Å². The fourth-order valence-electron chi connectivity index (χ4n) is 3.40. The van der Waals surface area contributed by atoms with Gasteiger partial charge in [-0.25, -0.2) is 13.1 Å². The van der Waals surface area contributed by atoms with Gasteiger partial charge in [-0.1, -0.05) is 36.4 Å². The first-order valence-electron chi connectivity index (χ1n) is 9.55. The predicted molar refractivity (Wildman–Crippen MR) is 128 cm³/mol. The van der Waals surface area contributed by atoms with Gasteiger partial charge in [0.25, 0.3) is 0 Å². The van der Waals surface area contributed by atoms with Crippen LogP contribution in [0.1, 0.15) is 25.3 Å². The molecule has 0 aliphatic carbocycles. The normalized spacial score (nSPS) is 13.1. The van der Waals surface area contributed by atoms with Crippen LogP contribution < -0.4 is 10.0 Å². The highest BCUT2D eigenvalue weighted by molar-refractivity contribution is 7.89. The minimum atomic E-state index is -3.57. The number of halogens is 2. The van der Waals surface area contributed by atoms with E-state index in [9.17, 15) is 8.42 Å². The van der Waals surface area contributed by atoms with E-state index in [0.717, 1.165) is 30.0 Å². The maximum atomic E-state index is 12.8. The van der Waals surface area contributed by atoms with E-state index >= 15 is 0 Å². The molecular formula is C22H29Cl2N3O2S. The van der Waals surface area contributed by atoms with Crippen LogP contribution in [0.2, 0.25) is 0 Å². The highest BCUT2D eigenvalue weighted by Gasteiger charge is 2.20. The van der Waals surface area contributed by atoms with E-state index in [0.29, 0.717) is 0 Å². The Kier molecular flexibility index (Phi) is 10.7. The second-order valence-electron chi connectivity index (χ2n) is 7.15. The molecule has 1 unspecified atom stereocenters. The Morgan fingerprint density at radius 2 is 1.73 bits per heavy atom. The quantitative estimate of drug-likeness (QED) is 0.488. The van der Waals surface area contributed by atoms with Gasteiger partial charge in [0.05, 0.1) is 4.90 Å². The smallest absolute Gasteiger partial charge is 0.240 e. The Bertz CT molecular complexity index is 1020. The van der Waals surface area contributed by atoms with Gasteiger partial charge < -0.3 is 5.32 Å². The van der Waals surface area contributed by atoms with E-state index in [1.807, 2.05) is 38.2 Å². The zero-order valence-electron chi connectivity index (χ0n) is 17.1. The first-order valence-corrected chi connectivity index (χ1v) is 11.0. The van der Waals surface area contributed by atoms with Crippen molar-refractivity contribution in [2.45, 2.75) is 43.2 Å². The number of pyridine rings is 1. The zero-order valence-corrected chi connectivity index (χ0v) is 19.6. The Labute approximate surface area is 191 Å². The molecule has 8 heteroatoms. The molecule has 30 heavy (non-hydrogen) atoms. The fourth-order valence-corrected chi connectivity index (χ4v) is 4.69. The van der Waals surface area contributed by atoms with Crippen LogP contribution in [-0.2, 0) is 16.4 Å². The van der Waals surface area contributed by atoms with E-state index < -0.39 is 10.0 Å². The van der Waals surface area contributed by atoms with Gasteiger partial charge in [0.1, 0.15) is 0 Å². The number of benzene rings is 2. The summed E-state index contributed by atoms with van der Waals surface area (Å²) < 4.78 is 28.4. The lowest BCUT2D eigenvalue weighted by Crippen LogP contribution is -2.38. The van der Waals surface area contributed by atoms with Crippen molar-refractivity contribution in [1.29, 1.82) is 0 Å². The molecule has 2 atom stereocenters. The Balaban J connectivity index is 0.00000225. The summed E-state index contributed by atoms with van der Waals surface area (Å²) in [6.07, 6.45) is 6.03. The summed E-state index contributed by atoms with van der Waals surface area (Å²) in [6.45, 7) is 1.91. The number of hydrogen-bond donors (Lipinski definition) is 2. The van der Waals surface area contributed by atoms with Crippen LogP contribution in [0.25, 0.3) is 10.8 Å². The summed E-state index contributed by atoms with van der Waals surface area (Å²) in [5.41, 5.74) is 1.29. The summed E-state index contributed by atoms with van der Waals surface area (Å²) in [5.74, 6) is 0. The van der Waals surface area contributed by atoms with Crippen molar-refractivity contribution in [3.8, 4) is 0 Å². The number of hydrogen-bond acceptors (Lipinski definition) is 4. The van der Waals surface area contributed by atoms with Gasteiger partial charge in [0.2, 0.25) is 10.0 Å². The number of fused-ring (bicyclic) bond motifs is 1. The average molecular weight is 470 g/mol. The van der Waals surface area contributed by atoms with E-state index in [1.165, 1.54) is 5.56 Å². The molecule has 1 aromatic heterocycles.